The zero-order chi connectivity index (χ0) is 13.4. The standard InChI is InChI=1S/C9H3Cl2F5O/c10-6-2-1-4(9(14,15)16)3-5(6)7(17)8(11,12)13/h1-3H. The van der Waals surface area contributed by atoms with Crippen LogP contribution in [0.25, 0.3) is 0 Å². The molecule has 0 amide bonds. The lowest BCUT2D eigenvalue weighted by Crippen LogP contribution is -2.22. The molecular weight excluding hydrogens is 290 g/mol. The molecule has 0 saturated heterocycles. The van der Waals surface area contributed by atoms with Gasteiger partial charge in [0.15, 0.2) is 0 Å². The zero-order valence-electron chi connectivity index (χ0n) is 7.79. The van der Waals surface area contributed by atoms with Crippen LogP contribution in [0.4, 0.5) is 22.0 Å². The van der Waals surface area contributed by atoms with E-state index in [9.17, 15) is 26.7 Å². The number of hydrogen-bond donors (Lipinski definition) is 0. The molecule has 1 rings (SSSR count). The smallest absolute Gasteiger partial charge is 0.286 e. The van der Waals surface area contributed by atoms with Crippen molar-refractivity contribution >= 4 is 29.0 Å². The Morgan fingerprint density at radius 2 is 1.65 bits per heavy atom. The molecule has 1 nitrogen and oxygen atoms in total. The van der Waals surface area contributed by atoms with Crippen molar-refractivity contribution in [3.63, 3.8) is 0 Å². The summed E-state index contributed by atoms with van der Waals surface area (Å²) in [5.41, 5.74) is -2.23. The first kappa shape index (κ1) is 14.2. The van der Waals surface area contributed by atoms with Crippen molar-refractivity contribution in [3.8, 4) is 0 Å². The molecular formula is C9H3Cl2F5O. The van der Waals surface area contributed by atoms with Crippen LogP contribution in [0, 0.1) is 0 Å². The first-order valence-electron chi connectivity index (χ1n) is 4.02. The van der Waals surface area contributed by atoms with E-state index in [0.717, 1.165) is 0 Å². The summed E-state index contributed by atoms with van der Waals surface area (Å²) < 4.78 is 61.8. The minimum absolute atomic E-state index is 0.237. The second-order valence-electron chi connectivity index (χ2n) is 3.02. The molecule has 0 bridgehead atoms. The van der Waals surface area contributed by atoms with Crippen molar-refractivity contribution in [3.05, 3.63) is 34.3 Å². The van der Waals surface area contributed by atoms with Gasteiger partial charge in [-0.2, -0.15) is 22.0 Å². The van der Waals surface area contributed by atoms with Crippen molar-refractivity contribution < 1.29 is 26.7 Å². The van der Waals surface area contributed by atoms with E-state index in [0.29, 0.717) is 12.1 Å². The summed E-state index contributed by atoms with van der Waals surface area (Å²) in [7, 11) is 0. The Bertz CT molecular complexity index is 450. The van der Waals surface area contributed by atoms with Crippen molar-refractivity contribution in [2.75, 3.05) is 0 Å². The third kappa shape index (κ3) is 3.29. The normalized spacial score (nSPS) is 12.6. The fraction of sp³-hybridized carbons (Fsp3) is 0.222. The molecule has 8 heteroatoms. The maximum atomic E-state index is 12.5. The molecule has 94 valence electrons. The van der Waals surface area contributed by atoms with Crippen molar-refractivity contribution in [2.24, 2.45) is 0 Å². The van der Waals surface area contributed by atoms with Gasteiger partial charge in [-0.3, -0.25) is 4.79 Å². The number of ketones is 1. The van der Waals surface area contributed by atoms with E-state index < -0.39 is 33.5 Å². The number of carbonyl (C=O) groups excluding carboxylic acids is 1. The highest BCUT2D eigenvalue weighted by atomic mass is 35.5. The van der Waals surface area contributed by atoms with Crippen molar-refractivity contribution in [2.45, 2.75) is 11.6 Å². The van der Waals surface area contributed by atoms with Crippen LogP contribution < -0.4 is 0 Å². The van der Waals surface area contributed by atoms with Crippen LogP contribution in [0.15, 0.2) is 18.2 Å². The molecule has 0 radical (unpaired) electrons. The quantitative estimate of drug-likeness (QED) is 0.449. The Hall–Kier alpha value is -0.880. The van der Waals surface area contributed by atoms with Crippen LogP contribution in [0.5, 0.6) is 0 Å². The van der Waals surface area contributed by atoms with Gasteiger partial charge in [0.1, 0.15) is 0 Å². The van der Waals surface area contributed by atoms with E-state index in [4.69, 9.17) is 11.6 Å². The molecule has 1 aromatic rings. The summed E-state index contributed by atoms with van der Waals surface area (Å²) in [5.74, 6) is -1.98. The van der Waals surface area contributed by atoms with E-state index in [-0.39, 0.29) is 6.07 Å². The minimum atomic E-state index is -4.76. The Morgan fingerprint density at radius 1 is 1.12 bits per heavy atom. The van der Waals surface area contributed by atoms with Crippen LogP contribution >= 0.6 is 23.2 Å². The first-order valence-corrected chi connectivity index (χ1v) is 4.77. The van der Waals surface area contributed by atoms with E-state index in [2.05, 4.69) is 11.6 Å². The Morgan fingerprint density at radius 3 is 2.06 bits per heavy atom. The molecule has 0 aliphatic rings. The molecule has 0 fully saturated rings. The number of hydrogen-bond acceptors (Lipinski definition) is 1. The second kappa shape index (κ2) is 4.42. The SMILES string of the molecule is O=C(c1cc(C(F)(F)F)ccc1Cl)C(F)(F)Cl. The fourth-order valence-corrected chi connectivity index (χ4v) is 1.33. The van der Waals surface area contributed by atoms with Gasteiger partial charge in [0.05, 0.1) is 10.6 Å². The third-order valence-electron chi connectivity index (χ3n) is 1.80. The molecule has 1 aromatic carbocycles. The highest BCUT2D eigenvalue weighted by molar-refractivity contribution is 6.39. The molecule has 0 atom stereocenters. The molecule has 0 aromatic heterocycles. The predicted molar refractivity (Wildman–Crippen MR) is 51.6 cm³/mol. The highest BCUT2D eigenvalue weighted by Gasteiger charge is 2.39. The van der Waals surface area contributed by atoms with Gasteiger partial charge < -0.3 is 0 Å². The highest BCUT2D eigenvalue weighted by Crippen LogP contribution is 2.34. The van der Waals surface area contributed by atoms with Crippen LogP contribution in [0.3, 0.4) is 0 Å². The largest absolute Gasteiger partial charge is 0.416 e. The Balaban J connectivity index is 3.30. The molecule has 0 aliphatic carbocycles. The van der Waals surface area contributed by atoms with Crippen molar-refractivity contribution in [1.29, 1.82) is 0 Å². The number of benzene rings is 1. The van der Waals surface area contributed by atoms with Crippen LogP contribution in [-0.2, 0) is 6.18 Å². The molecule has 0 heterocycles. The molecule has 0 unspecified atom stereocenters. The number of rotatable bonds is 2. The number of carbonyl (C=O) groups is 1. The maximum Gasteiger partial charge on any atom is 0.416 e. The Kier molecular flexibility index (Phi) is 3.69. The summed E-state index contributed by atoms with van der Waals surface area (Å²) in [6, 6.07) is 1.52. The van der Waals surface area contributed by atoms with Crippen LogP contribution in [-0.4, -0.2) is 11.2 Å². The van der Waals surface area contributed by atoms with Crippen LogP contribution in [0.1, 0.15) is 15.9 Å². The summed E-state index contributed by atoms with van der Waals surface area (Å²) in [5, 5.41) is -4.82. The number of alkyl halides is 6. The summed E-state index contributed by atoms with van der Waals surface area (Å²) in [4.78, 5) is 11.0. The minimum Gasteiger partial charge on any atom is -0.286 e. The van der Waals surface area contributed by atoms with Gasteiger partial charge in [0, 0.05) is 5.56 Å². The van der Waals surface area contributed by atoms with Gasteiger partial charge in [0.25, 0.3) is 0 Å². The molecule has 0 saturated carbocycles. The van der Waals surface area contributed by atoms with Gasteiger partial charge >= 0.3 is 11.6 Å². The topological polar surface area (TPSA) is 17.1 Å². The van der Waals surface area contributed by atoms with E-state index >= 15 is 0 Å². The molecule has 17 heavy (non-hydrogen) atoms. The lowest BCUT2D eigenvalue weighted by atomic mass is 10.1. The average molecular weight is 293 g/mol. The van der Waals surface area contributed by atoms with Gasteiger partial charge in [-0.25, -0.2) is 0 Å². The lowest BCUT2D eigenvalue weighted by Gasteiger charge is -2.11. The summed E-state index contributed by atoms with van der Waals surface area (Å²) in [6.45, 7) is 0. The monoisotopic (exact) mass is 292 g/mol. The second-order valence-corrected chi connectivity index (χ2v) is 3.90. The fourth-order valence-electron chi connectivity index (χ4n) is 1.03. The first-order chi connectivity index (χ1) is 7.53. The predicted octanol–water partition coefficient (Wildman–Crippen LogP) is 4.37. The zero-order valence-corrected chi connectivity index (χ0v) is 9.30. The van der Waals surface area contributed by atoms with Crippen LogP contribution in [0.2, 0.25) is 5.02 Å². The van der Waals surface area contributed by atoms with Crippen molar-refractivity contribution in [1.82, 2.24) is 0 Å². The number of Topliss-reactive ketones (excluding diaryl/α,β-unsaturated/α-hetero) is 1. The van der Waals surface area contributed by atoms with Gasteiger partial charge in [-0.05, 0) is 29.8 Å². The van der Waals surface area contributed by atoms with E-state index in [1.54, 1.807) is 0 Å². The third-order valence-corrected chi connectivity index (χ3v) is 2.30. The van der Waals surface area contributed by atoms with E-state index in [1.165, 1.54) is 0 Å². The summed E-state index contributed by atoms with van der Waals surface area (Å²) >= 11 is 9.80. The van der Waals surface area contributed by atoms with Gasteiger partial charge in [0.2, 0.25) is 5.78 Å². The molecule has 0 N–H and O–H groups in total. The number of halogens is 7. The van der Waals surface area contributed by atoms with Gasteiger partial charge in [-0.1, -0.05) is 11.6 Å². The van der Waals surface area contributed by atoms with E-state index in [1.807, 2.05) is 0 Å². The maximum absolute atomic E-state index is 12.5. The average Bonchev–Trinajstić information content (AvgIpc) is 2.14. The molecule has 0 spiro atoms. The Labute approximate surface area is 102 Å². The van der Waals surface area contributed by atoms with Gasteiger partial charge in [-0.15, -0.1) is 0 Å². The molecule has 0 aliphatic heterocycles. The summed E-state index contributed by atoms with van der Waals surface area (Å²) in [6.07, 6.45) is -4.76. The lowest BCUT2D eigenvalue weighted by molar-refractivity contribution is -0.137.